The first-order chi connectivity index (χ1) is 10.3. The summed E-state index contributed by atoms with van der Waals surface area (Å²) in [5.74, 6) is 2.74. The molecule has 2 aromatic carbocycles. The highest BCUT2D eigenvalue weighted by molar-refractivity contribution is 5.83. The predicted molar refractivity (Wildman–Crippen MR) is 85.5 cm³/mol. The number of furan rings is 1. The highest BCUT2D eigenvalue weighted by atomic mass is 16.5. The number of hydrogen-bond acceptors (Lipinski definition) is 2. The normalized spacial score (nSPS) is 10.6. The molecule has 0 radical (unpaired) electrons. The Kier molecular flexibility index (Phi) is 3.78. The minimum absolute atomic E-state index is 0.859. The fourth-order valence-electron chi connectivity index (χ4n) is 2.49. The van der Waals surface area contributed by atoms with Gasteiger partial charge in [0.05, 0.1) is 7.11 Å². The smallest absolute Gasteiger partial charge is 0.142 e. The third-order valence-electron chi connectivity index (χ3n) is 3.56. The molecule has 0 amide bonds. The van der Waals surface area contributed by atoms with Gasteiger partial charge in [-0.3, -0.25) is 0 Å². The zero-order chi connectivity index (χ0) is 14.7. The summed E-state index contributed by atoms with van der Waals surface area (Å²) in [6.07, 6.45) is 0.870. The van der Waals surface area contributed by atoms with Crippen molar-refractivity contribution in [3.8, 4) is 28.2 Å². The van der Waals surface area contributed by atoms with Crippen LogP contribution < -0.4 is 4.74 Å². The van der Waals surface area contributed by atoms with Gasteiger partial charge in [-0.15, -0.1) is 0 Å². The van der Waals surface area contributed by atoms with Crippen molar-refractivity contribution in [1.29, 1.82) is 0 Å². The van der Waals surface area contributed by atoms with E-state index in [1.807, 2.05) is 36.4 Å². The lowest BCUT2D eigenvalue weighted by molar-refractivity contribution is 0.416. The molecule has 0 aliphatic rings. The molecule has 0 aliphatic heterocycles. The van der Waals surface area contributed by atoms with Gasteiger partial charge in [-0.2, -0.15) is 0 Å². The van der Waals surface area contributed by atoms with Crippen LogP contribution in [0.5, 0.6) is 5.75 Å². The first-order valence-electron chi connectivity index (χ1n) is 7.15. The average Bonchev–Trinajstić information content (AvgIpc) is 3.00. The van der Waals surface area contributed by atoms with E-state index in [2.05, 4.69) is 31.2 Å². The molecular formula is C19H18O2. The van der Waals surface area contributed by atoms with Crippen LogP contribution in [0.4, 0.5) is 0 Å². The van der Waals surface area contributed by atoms with Gasteiger partial charge in [-0.05, 0) is 12.1 Å². The number of rotatable bonds is 4. The molecule has 0 aliphatic carbocycles. The molecule has 0 atom stereocenters. The molecule has 3 aromatic rings. The Balaban J connectivity index is 2.20. The van der Waals surface area contributed by atoms with Crippen molar-refractivity contribution in [2.75, 3.05) is 7.11 Å². The minimum Gasteiger partial charge on any atom is -0.496 e. The zero-order valence-electron chi connectivity index (χ0n) is 12.3. The van der Waals surface area contributed by atoms with Gasteiger partial charge in [0, 0.05) is 23.1 Å². The number of hydrogen-bond donors (Lipinski definition) is 0. The zero-order valence-corrected chi connectivity index (χ0v) is 12.3. The Labute approximate surface area is 125 Å². The number of aryl methyl sites for hydroxylation is 1. The van der Waals surface area contributed by atoms with Crippen molar-refractivity contribution in [1.82, 2.24) is 0 Å². The maximum Gasteiger partial charge on any atom is 0.142 e. The SMILES string of the molecule is CCc1cc(-c2ccccc2OC)c(-c2ccccc2)o1. The van der Waals surface area contributed by atoms with Gasteiger partial charge >= 0.3 is 0 Å². The number of methoxy groups -OCH3 is 1. The monoisotopic (exact) mass is 278 g/mol. The van der Waals surface area contributed by atoms with E-state index in [9.17, 15) is 0 Å². The molecule has 0 unspecified atom stereocenters. The summed E-state index contributed by atoms with van der Waals surface area (Å²) < 4.78 is 11.5. The summed E-state index contributed by atoms with van der Waals surface area (Å²) in [6.45, 7) is 2.10. The van der Waals surface area contributed by atoms with Crippen LogP contribution in [0.15, 0.2) is 65.1 Å². The van der Waals surface area contributed by atoms with E-state index in [0.29, 0.717) is 0 Å². The van der Waals surface area contributed by atoms with Gasteiger partial charge < -0.3 is 9.15 Å². The quantitative estimate of drug-likeness (QED) is 0.655. The van der Waals surface area contributed by atoms with Gasteiger partial charge in [0.15, 0.2) is 0 Å². The van der Waals surface area contributed by atoms with Gasteiger partial charge in [0.1, 0.15) is 17.3 Å². The van der Waals surface area contributed by atoms with Crippen LogP contribution in [0.1, 0.15) is 12.7 Å². The van der Waals surface area contributed by atoms with E-state index in [1.165, 1.54) is 0 Å². The van der Waals surface area contributed by atoms with E-state index < -0.39 is 0 Å². The second-order valence-corrected chi connectivity index (χ2v) is 4.88. The van der Waals surface area contributed by atoms with E-state index in [0.717, 1.165) is 40.4 Å². The Morgan fingerprint density at radius 2 is 1.62 bits per heavy atom. The predicted octanol–water partition coefficient (Wildman–Crippen LogP) is 5.18. The fourth-order valence-corrected chi connectivity index (χ4v) is 2.49. The molecule has 0 bridgehead atoms. The van der Waals surface area contributed by atoms with Crippen molar-refractivity contribution in [3.05, 3.63) is 66.4 Å². The molecule has 1 heterocycles. The maximum atomic E-state index is 6.05. The van der Waals surface area contributed by atoms with Crippen LogP contribution in [0.25, 0.3) is 22.5 Å². The molecule has 21 heavy (non-hydrogen) atoms. The van der Waals surface area contributed by atoms with E-state index in [1.54, 1.807) is 7.11 Å². The van der Waals surface area contributed by atoms with Gasteiger partial charge in [-0.25, -0.2) is 0 Å². The second-order valence-electron chi connectivity index (χ2n) is 4.88. The lowest BCUT2D eigenvalue weighted by Gasteiger charge is -2.08. The lowest BCUT2D eigenvalue weighted by Crippen LogP contribution is -1.87. The Bertz CT molecular complexity index is 726. The van der Waals surface area contributed by atoms with Crippen molar-refractivity contribution < 1.29 is 9.15 Å². The highest BCUT2D eigenvalue weighted by Gasteiger charge is 2.16. The summed E-state index contributed by atoms with van der Waals surface area (Å²) >= 11 is 0. The third kappa shape index (κ3) is 2.57. The van der Waals surface area contributed by atoms with E-state index in [4.69, 9.17) is 9.15 Å². The van der Waals surface area contributed by atoms with E-state index >= 15 is 0 Å². The first kappa shape index (κ1) is 13.5. The topological polar surface area (TPSA) is 22.4 Å². The standard InChI is InChI=1S/C19H18O2/c1-3-15-13-17(16-11-7-8-12-18(16)20-2)19(21-15)14-9-5-4-6-10-14/h4-13H,3H2,1-2H3. The molecule has 1 aromatic heterocycles. The molecule has 0 saturated carbocycles. The highest BCUT2D eigenvalue weighted by Crippen LogP contribution is 2.39. The first-order valence-corrected chi connectivity index (χ1v) is 7.15. The van der Waals surface area contributed by atoms with Crippen LogP contribution in [0, 0.1) is 0 Å². The summed E-state index contributed by atoms with van der Waals surface area (Å²) in [6, 6.07) is 20.3. The number of para-hydroxylation sites is 1. The van der Waals surface area contributed by atoms with Crippen molar-refractivity contribution in [3.63, 3.8) is 0 Å². The lowest BCUT2D eigenvalue weighted by atomic mass is 10.0. The molecule has 0 N–H and O–H groups in total. The molecule has 0 fully saturated rings. The molecule has 106 valence electrons. The molecular weight excluding hydrogens is 260 g/mol. The van der Waals surface area contributed by atoms with Gasteiger partial charge in [-0.1, -0.05) is 55.5 Å². The average molecular weight is 278 g/mol. The Morgan fingerprint density at radius 3 is 2.33 bits per heavy atom. The summed E-state index contributed by atoms with van der Waals surface area (Å²) in [7, 11) is 1.70. The largest absolute Gasteiger partial charge is 0.496 e. The number of benzene rings is 2. The third-order valence-corrected chi connectivity index (χ3v) is 3.56. The summed E-state index contributed by atoms with van der Waals surface area (Å²) in [5, 5.41) is 0. The van der Waals surface area contributed by atoms with Crippen molar-refractivity contribution in [2.24, 2.45) is 0 Å². The van der Waals surface area contributed by atoms with Gasteiger partial charge in [0.25, 0.3) is 0 Å². The van der Waals surface area contributed by atoms with Gasteiger partial charge in [0.2, 0.25) is 0 Å². The number of ether oxygens (including phenoxy) is 1. The summed E-state index contributed by atoms with van der Waals surface area (Å²) in [5.41, 5.74) is 3.22. The van der Waals surface area contributed by atoms with Crippen LogP contribution in [0.3, 0.4) is 0 Å². The van der Waals surface area contributed by atoms with Crippen LogP contribution in [0.2, 0.25) is 0 Å². The maximum absolute atomic E-state index is 6.05. The van der Waals surface area contributed by atoms with Crippen LogP contribution in [-0.2, 0) is 6.42 Å². The molecule has 0 spiro atoms. The molecule has 2 heteroatoms. The van der Waals surface area contributed by atoms with Crippen LogP contribution >= 0.6 is 0 Å². The fraction of sp³-hybridized carbons (Fsp3) is 0.158. The Hall–Kier alpha value is -2.48. The molecule has 0 saturated heterocycles. The van der Waals surface area contributed by atoms with E-state index in [-0.39, 0.29) is 0 Å². The second kappa shape index (κ2) is 5.88. The minimum atomic E-state index is 0.859. The van der Waals surface area contributed by atoms with Crippen LogP contribution in [-0.4, -0.2) is 7.11 Å². The van der Waals surface area contributed by atoms with Crippen molar-refractivity contribution in [2.45, 2.75) is 13.3 Å². The Morgan fingerprint density at radius 1 is 0.905 bits per heavy atom. The molecule has 3 rings (SSSR count). The van der Waals surface area contributed by atoms with Crippen molar-refractivity contribution >= 4 is 0 Å². The summed E-state index contributed by atoms with van der Waals surface area (Å²) in [4.78, 5) is 0. The molecule has 2 nitrogen and oxygen atoms in total.